The topological polar surface area (TPSA) is 99.9 Å². The monoisotopic (exact) mass is 275 g/mol. The first kappa shape index (κ1) is 14.1. The van der Waals surface area contributed by atoms with Crippen LogP contribution in [-0.4, -0.2) is 26.5 Å². The summed E-state index contributed by atoms with van der Waals surface area (Å²) in [7, 11) is 0. The summed E-state index contributed by atoms with van der Waals surface area (Å²) in [6, 6.07) is 3.32. The highest BCUT2D eigenvalue weighted by Crippen LogP contribution is 2.24. The molecule has 0 spiro atoms. The van der Waals surface area contributed by atoms with Gasteiger partial charge in [0.25, 0.3) is 5.69 Å². The van der Waals surface area contributed by atoms with Gasteiger partial charge in [-0.1, -0.05) is 5.21 Å². The van der Waals surface area contributed by atoms with E-state index >= 15 is 0 Å². The first-order chi connectivity index (χ1) is 9.52. The van der Waals surface area contributed by atoms with Gasteiger partial charge in [-0.3, -0.25) is 10.1 Å². The van der Waals surface area contributed by atoms with Crippen molar-refractivity contribution >= 4 is 5.69 Å². The van der Waals surface area contributed by atoms with Gasteiger partial charge < -0.3 is 5.73 Å². The van der Waals surface area contributed by atoms with Crippen LogP contribution in [0, 0.1) is 24.0 Å². The highest BCUT2D eigenvalue weighted by Gasteiger charge is 2.15. The highest BCUT2D eigenvalue weighted by molar-refractivity contribution is 5.52. The van der Waals surface area contributed by atoms with Gasteiger partial charge in [0.1, 0.15) is 0 Å². The average molecular weight is 275 g/mol. The quantitative estimate of drug-likeness (QED) is 0.661. The number of nitro groups is 1. The van der Waals surface area contributed by atoms with E-state index in [1.54, 1.807) is 23.7 Å². The van der Waals surface area contributed by atoms with Gasteiger partial charge in [-0.25, -0.2) is 4.68 Å². The molecule has 1 aromatic heterocycles. The van der Waals surface area contributed by atoms with Gasteiger partial charge in [-0.05, 0) is 44.9 Å². The molecule has 1 aromatic carbocycles. The molecule has 0 saturated heterocycles. The number of benzene rings is 1. The Morgan fingerprint density at radius 2 is 2.10 bits per heavy atom. The fraction of sp³-hybridized carbons (Fsp3) is 0.385. The number of hydrogen-bond donors (Lipinski definition) is 1. The predicted octanol–water partition coefficient (Wildman–Crippen LogP) is 1.68. The van der Waals surface area contributed by atoms with Gasteiger partial charge in [0.2, 0.25) is 0 Å². The van der Waals surface area contributed by atoms with Crippen molar-refractivity contribution in [3.05, 3.63) is 45.3 Å². The number of aryl methyl sites for hydroxylation is 3. The van der Waals surface area contributed by atoms with Gasteiger partial charge in [0.15, 0.2) is 0 Å². The molecule has 0 amide bonds. The molecule has 2 rings (SSSR count). The molecule has 0 unspecified atom stereocenters. The molecule has 1 heterocycles. The smallest absolute Gasteiger partial charge is 0.272 e. The summed E-state index contributed by atoms with van der Waals surface area (Å²) >= 11 is 0. The van der Waals surface area contributed by atoms with Gasteiger partial charge in [0, 0.05) is 11.6 Å². The zero-order valence-electron chi connectivity index (χ0n) is 11.5. The predicted molar refractivity (Wildman–Crippen MR) is 74.9 cm³/mol. The molecule has 0 aliphatic heterocycles. The Balaban J connectivity index is 2.35. The average Bonchev–Trinajstić information content (AvgIpc) is 2.86. The Kier molecular flexibility index (Phi) is 4.09. The van der Waals surface area contributed by atoms with Crippen molar-refractivity contribution in [1.29, 1.82) is 0 Å². The Morgan fingerprint density at radius 3 is 2.75 bits per heavy atom. The SMILES string of the molecule is Cc1cc([N+](=O)[O-])c(C)cc1-n1cc(CCCN)nn1. The molecule has 0 aliphatic carbocycles. The lowest BCUT2D eigenvalue weighted by Crippen LogP contribution is -2.01. The molecule has 0 atom stereocenters. The van der Waals surface area contributed by atoms with Crippen LogP contribution in [-0.2, 0) is 6.42 Å². The van der Waals surface area contributed by atoms with E-state index in [1.807, 2.05) is 13.1 Å². The third-order valence-electron chi connectivity index (χ3n) is 3.14. The zero-order chi connectivity index (χ0) is 14.7. The minimum Gasteiger partial charge on any atom is -0.330 e. The molecule has 2 aromatic rings. The third-order valence-corrected chi connectivity index (χ3v) is 3.14. The normalized spacial score (nSPS) is 10.8. The molecule has 2 N–H and O–H groups in total. The number of rotatable bonds is 5. The fourth-order valence-electron chi connectivity index (χ4n) is 2.04. The van der Waals surface area contributed by atoms with Crippen LogP contribution in [0.3, 0.4) is 0 Å². The van der Waals surface area contributed by atoms with Crippen LogP contribution in [0.1, 0.15) is 23.2 Å². The number of hydrogen-bond acceptors (Lipinski definition) is 5. The lowest BCUT2D eigenvalue weighted by Gasteiger charge is -2.06. The largest absolute Gasteiger partial charge is 0.330 e. The minimum atomic E-state index is -0.375. The van der Waals surface area contributed by atoms with Gasteiger partial charge in [-0.2, -0.15) is 0 Å². The summed E-state index contributed by atoms with van der Waals surface area (Å²) in [5.74, 6) is 0. The van der Waals surface area contributed by atoms with Gasteiger partial charge in [-0.15, -0.1) is 5.10 Å². The van der Waals surface area contributed by atoms with Crippen LogP contribution in [0.5, 0.6) is 0 Å². The van der Waals surface area contributed by atoms with E-state index in [9.17, 15) is 10.1 Å². The molecule has 0 aliphatic rings. The van der Waals surface area contributed by atoms with Gasteiger partial charge >= 0.3 is 0 Å². The molecule has 0 fully saturated rings. The Bertz CT molecular complexity index is 636. The molecular formula is C13H17N5O2. The Morgan fingerprint density at radius 1 is 1.35 bits per heavy atom. The molecule has 0 bridgehead atoms. The van der Waals surface area contributed by atoms with E-state index in [-0.39, 0.29) is 10.6 Å². The first-order valence-electron chi connectivity index (χ1n) is 6.40. The third kappa shape index (κ3) is 2.83. The van der Waals surface area contributed by atoms with E-state index < -0.39 is 0 Å². The van der Waals surface area contributed by atoms with Crippen molar-refractivity contribution in [3.63, 3.8) is 0 Å². The fourth-order valence-corrected chi connectivity index (χ4v) is 2.04. The van der Waals surface area contributed by atoms with Crippen molar-refractivity contribution in [2.75, 3.05) is 6.54 Å². The Hall–Kier alpha value is -2.28. The second-order valence-electron chi connectivity index (χ2n) is 4.73. The van der Waals surface area contributed by atoms with Crippen molar-refractivity contribution in [2.24, 2.45) is 5.73 Å². The first-order valence-corrected chi connectivity index (χ1v) is 6.40. The van der Waals surface area contributed by atoms with E-state index in [2.05, 4.69) is 10.3 Å². The molecule has 0 saturated carbocycles. The highest BCUT2D eigenvalue weighted by atomic mass is 16.6. The van der Waals surface area contributed by atoms with E-state index in [1.165, 1.54) is 0 Å². The van der Waals surface area contributed by atoms with E-state index in [0.29, 0.717) is 12.1 Å². The van der Waals surface area contributed by atoms with Crippen LogP contribution < -0.4 is 5.73 Å². The minimum absolute atomic E-state index is 0.120. The maximum atomic E-state index is 10.9. The van der Waals surface area contributed by atoms with Crippen molar-refractivity contribution in [3.8, 4) is 5.69 Å². The van der Waals surface area contributed by atoms with Crippen molar-refractivity contribution in [2.45, 2.75) is 26.7 Å². The summed E-state index contributed by atoms with van der Waals surface area (Å²) in [5, 5.41) is 19.1. The molecule has 106 valence electrons. The molecule has 7 nitrogen and oxygen atoms in total. The van der Waals surface area contributed by atoms with Crippen LogP contribution in [0.25, 0.3) is 5.69 Å². The number of nitrogens with two attached hydrogens (primary N) is 1. The van der Waals surface area contributed by atoms with Crippen LogP contribution in [0.15, 0.2) is 18.3 Å². The maximum absolute atomic E-state index is 10.9. The lowest BCUT2D eigenvalue weighted by atomic mass is 10.1. The van der Waals surface area contributed by atoms with Gasteiger partial charge in [0.05, 0.1) is 22.5 Å². The van der Waals surface area contributed by atoms with Crippen LogP contribution in [0.4, 0.5) is 5.69 Å². The summed E-state index contributed by atoms with van der Waals surface area (Å²) in [6.45, 7) is 4.15. The van der Waals surface area contributed by atoms with E-state index in [4.69, 9.17) is 5.73 Å². The summed E-state index contributed by atoms with van der Waals surface area (Å²) in [4.78, 5) is 10.5. The maximum Gasteiger partial charge on any atom is 0.272 e. The summed E-state index contributed by atoms with van der Waals surface area (Å²) in [5.41, 5.74) is 8.65. The lowest BCUT2D eigenvalue weighted by molar-refractivity contribution is -0.385. The molecular weight excluding hydrogens is 258 g/mol. The van der Waals surface area contributed by atoms with E-state index in [0.717, 1.165) is 29.8 Å². The summed E-state index contributed by atoms with van der Waals surface area (Å²) < 4.78 is 1.65. The van der Waals surface area contributed by atoms with Crippen molar-refractivity contribution < 1.29 is 4.92 Å². The van der Waals surface area contributed by atoms with Crippen LogP contribution in [0.2, 0.25) is 0 Å². The number of aromatic nitrogens is 3. The molecule has 7 heteroatoms. The van der Waals surface area contributed by atoms with Crippen molar-refractivity contribution in [1.82, 2.24) is 15.0 Å². The standard InChI is InChI=1S/C13H17N5O2/c1-9-7-13(18(19)20)10(2)6-12(9)17-8-11(15-16-17)4-3-5-14/h6-8H,3-5,14H2,1-2H3. The number of nitro benzene ring substituents is 1. The molecule has 0 radical (unpaired) electrons. The second-order valence-corrected chi connectivity index (χ2v) is 4.73. The van der Waals surface area contributed by atoms with Crippen LogP contribution >= 0.6 is 0 Å². The second kappa shape index (κ2) is 5.79. The molecule has 20 heavy (non-hydrogen) atoms. The summed E-state index contributed by atoms with van der Waals surface area (Å²) in [6.07, 6.45) is 3.47. The number of nitrogens with zero attached hydrogens (tertiary/aromatic N) is 4. The Labute approximate surface area is 116 Å². The zero-order valence-corrected chi connectivity index (χ0v) is 11.5.